The number of rotatable bonds is 3. The molecule has 6 heteroatoms. The summed E-state index contributed by atoms with van der Waals surface area (Å²) in [6.07, 6.45) is 0. The molecule has 0 aliphatic rings. The van der Waals surface area contributed by atoms with Gasteiger partial charge in [0.2, 0.25) is 0 Å². The van der Waals surface area contributed by atoms with Crippen LogP contribution in [0.15, 0.2) is 52.3 Å². The molecule has 3 aromatic rings. The minimum absolute atomic E-state index is 0.272. The Morgan fingerprint density at radius 1 is 1.16 bits per heavy atom. The summed E-state index contributed by atoms with van der Waals surface area (Å²) in [7, 11) is 0. The highest BCUT2D eigenvalue weighted by Gasteiger charge is 2.15. The van der Waals surface area contributed by atoms with Crippen LogP contribution in [-0.4, -0.2) is 9.91 Å². The van der Waals surface area contributed by atoms with Crippen molar-refractivity contribution < 1.29 is 9.34 Å². The Balaban J connectivity index is 1.94. The highest BCUT2D eigenvalue weighted by molar-refractivity contribution is 7.13. The highest BCUT2D eigenvalue weighted by atomic mass is 32.1. The monoisotopic (exact) mass is 272 g/mol. The molecular weight excluding hydrogens is 264 g/mol. The molecule has 0 aliphatic heterocycles. The Morgan fingerprint density at radius 2 is 1.95 bits per heavy atom. The first-order chi connectivity index (χ1) is 9.24. The lowest BCUT2D eigenvalue weighted by atomic mass is 10.2. The molecular formula is C13H8N2O3S. The van der Waals surface area contributed by atoms with Gasteiger partial charge in [0.05, 0.1) is 11.8 Å². The third-order valence-electron chi connectivity index (χ3n) is 2.56. The zero-order valence-electron chi connectivity index (χ0n) is 9.65. The van der Waals surface area contributed by atoms with E-state index in [9.17, 15) is 10.1 Å². The van der Waals surface area contributed by atoms with E-state index < -0.39 is 4.92 Å². The molecule has 2 aromatic heterocycles. The Morgan fingerprint density at radius 3 is 2.63 bits per heavy atom. The Bertz CT molecular complexity index is 718. The number of benzene rings is 1. The van der Waals surface area contributed by atoms with Crippen LogP contribution < -0.4 is 0 Å². The van der Waals surface area contributed by atoms with Gasteiger partial charge in [-0.05, 0) is 6.07 Å². The largest absolute Gasteiger partial charge is 0.433 e. The molecule has 0 amide bonds. The molecule has 5 nitrogen and oxygen atoms in total. The quantitative estimate of drug-likeness (QED) is 0.534. The summed E-state index contributed by atoms with van der Waals surface area (Å²) in [5.41, 5.74) is 1.84. The van der Waals surface area contributed by atoms with Crippen molar-refractivity contribution in [3.63, 3.8) is 0 Å². The van der Waals surface area contributed by atoms with E-state index in [-0.39, 0.29) is 5.88 Å². The fourth-order valence-electron chi connectivity index (χ4n) is 1.67. The van der Waals surface area contributed by atoms with Gasteiger partial charge in [-0.1, -0.05) is 30.3 Å². The second-order valence-electron chi connectivity index (χ2n) is 3.80. The summed E-state index contributed by atoms with van der Waals surface area (Å²) in [5.74, 6) is 0.144. The Labute approximate surface area is 112 Å². The van der Waals surface area contributed by atoms with Gasteiger partial charge in [0.25, 0.3) is 0 Å². The fraction of sp³-hybridized carbons (Fsp3) is 0. The molecule has 0 aliphatic carbocycles. The normalized spacial score (nSPS) is 10.5. The minimum Gasteiger partial charge on any atom is -0.398 e. The molecule has 0 spiro atoms. The first-order valence-corrected chi connectivity index (χ1v) is 6.37. The average molecular weight is 272 g/mol. The van der Waals surface area contributed by atoms with Crippen LogP contribution in [0.25, 0.3) is 22.0 Å². The van der Waals surface area contributed by atoms with Crippen molar-refractivity contribution in [3.8, 4) is 22.0 Å². The topological polar surface area (TPSA) is 69.2 Å². The molecule has 2 heterocycles. The van der Waals surface area contributed by atoms with Crippen LogP contribution in [0.1, 0.15) is 0 Å². The maximum absolute atomic E-state index is 10.6. The molecule has 3 rings (SSSR count). The molecule has 0 bridgehead atoms. The van der Waals surface area contributed by atoms with Crippen molar-refractivity contribution in [1.29, 1.82) is 0 Å². The summed E-state index contributed by atoms with van der Waals surface area (Å²) in [5, 5.41) is 13.1. The van der Waals surface area contributed by atoms with Crippen molar-refractivity contribution in [2.24, 2.45) is 0 Å². The van der Waals surface area contributed by atoms with Crippen LogP contribution in [-0.2, 0) is 0 Å². The molecule has 0 radical (unpaired) electrons. The Hall–Kier alpha value is -2.47. The predicted octanol–water partition coefficient (Wildman–Crippen LogP) is 3.98. The summed E-state index contributed by atoms with van der Waals surface area (Å²) < 4.78 is 5.13. The summed E-state index contributed by atoms with van der Waals surface area (Å²) in [6, 6.07) is 12.6. The SMILES string of the molecule is O=[N+]([O-])c1ccc(-c2nc(-c3ccccc3)cs2)o1. The predicted molar refractivity (Wildman–Crippen MR) is 71.9 cm³/mol. The van der Waals surface area contributed by atoms with E-state index >= 15 is 0 Å². The molecule has 0 atom stereocenters. The molecule has 1 aromatic carbocycles. The third kappa shape index (κ3) is 2.25. The van der Waals surface area contributed by atoms with Gasteiger partial charge < -0.3 is 4.42 Å². The average Bonchev–Trinajstić information content (AvgIpc) is 3.09. The highest BCUT2D eigenvalue weighted by Crippen LogP contribution is 2.31. The van der Waals surface area contributed by atoms with Crippen LogP contribution >= 0.6 is 11.3 Å². The molecule has 0 fully saturated rings. The van der Waals surface area contributed by atoms with Crippen molar-refractivity contribution in [2.45, 2.75) is 0 Å². The zero-order valence-corrected chi connectivity index (χ0v) is 10.5. The number of aromatic nitrogens is 1. The van der Waals surface area contributed by atoms with E-state index in [1.165, 1.54) is 17.4 Å². The lowest BCUT2D eigenvalue weighted by Crippen LogP contribution is -1.82. The van der Waals surface area contributed by atoms with Gasteiger partial charge in [0, 0.05) is 10.9 Å². The lowest BCUT2D eigenvalue weighted by molar-refractivity contribution is -0.401. The number of hydrogen-bond acceptors (Lipinski definition) is 5. The van der Waals surface area contributed by atoms with Crippen molar-refractivity contribution >= 4 is 17.2 Å². The maximum Gasteiger partial charge on any atom is 0.433 e. The molecule has 0 N–H and O–H groups in total. The number of hydrogen-bond donors (Lipinski definition) is 0. The van der Waals surface area contributed by atoms with Gasteiger partial charge in [-0.2, -0.15) is 0 Å². The molecule has 94 valence electrons. The minimum atomic E-state index is -0.560. The van der Waals surface area contributed by atoms with Gasteiger partial charge in [-0.3, -0.25) is 10.1 Å². The van der Waals surface area contributed by atoms with Gasteiger partial charge in [0.1, 0.15) is 4.92 Å². The smallest absolute Gasteiger partial charge is 0.398 e. The molecule has 0 saturated carbocycles. The van der Waals surface area contributed by atoms with Crippen LogP contribution in [0.5, 0.6) is 0 Å². The fourth-order valence-corrected chi connectivity index (χ4v) is 2.46. The van der Waals surface area contributed by atoms with E-state index in [0.717, 1.165) is 11.3 Å². The second-order valence-corrected chi connectivity index (χ2v) is 4.66. The number of thiazole rings is 1. The van der Waals surface area contributed by atoms with Gasteiger partial charge in [-0.25, -0.2) is 4.98 Å². The van der Waals surface area contributed by atoms with Crippen LogP contribution in [0.3, 0.4) is 0 Å². The number of nitro groups is 1. The summed E-state index contributed by atoms with van der Waals surface area (Å²) in [4.78, 5) is 14.4. The van der Waals surface area contributed by atoms with Gasteiger partial charge in [-0.15, -0.1) is 11.3 Å². The number of furan rings is 1. The second kappa shape index (κ2) is 4.66. The third-order valence-corrected chi connectivity index (χ3v) is 3.41. The summed E-state index contributed by atoms with van der Waals surface area (Å²) in [6.45, 7) is 0. The first-order valence-electron chi connectivity index (χ1n) is 5.49. The van der Waals surface area contributed by atoms with Crippen LogP contribution in [0.4, 0.5) is 5.88 Å². The van der Waals surface area contributed by atoms with E-state index in [1.807, 2.05) is 35.7 Å². The van der Waals surface area contributed by atoms with Crippen LogP contribution in [0.2, 0.25) is 0 Å². The van der Waals surface area contributed by atoms with Gasteiger partial charge >= 0.3 is 5.88 Å². The Kier molecular flexibility index (Phi) is 2.85. The standard InChI is InChI=1S/C13H8N2O3S/c16-15(17)12-7-6-11(18-12)13-14-10(8-19-13)9-4-2-1-3-5-9/h1-8H. The van der Waals surface area contributed by atoms with Crippen LogP contribution in [0, 0.1) is 10.1 Å². The maximum atomic E-state index is 10.6. The van der Waals surface area contributed by atoms with Gasteiger partial charge in [0.15, 0.2) is 10.8 Å². The summed E-state index contributed by atoms with van der Waals surface area (Å²) >= 11 is 1.40. The van der Waals surface area contributed by atoms with Crippen molar-refractivity contribution in [1.82, 2.24) is 4.98 Å². The number of nitrogens with zero attached hydrogens (tertiary/aromatic N) is 2. The van der Waals surface area contributed by atoms with E-state index in [1.54, 1.807) is 6.07 Å². The van der Waals surface area contributed by atoms with Crippen molar-refractivity contribution in [2.75, 3.05) is 0 Å². The molecule has 0 unspecified atom stereocenters. The van der Waals surface area contributed by atoms with E-state index in [4.69, 9.17) is 4.42 Å². The van der Waals surface area contributed by atoms with E-state index in [0.29, 0.717) is 10.8 Å². The molecule has 19 heavy (non-hydrogen) atoms. The molecule has 0 saturated heterocycles. The lowest BCUT2D eigenvalue weighted by Gasteiger charge is -1.93. The first kappa shape index (κ1) is 11.6. The van der Waals surface area contributed by atoms with Crippen molar-refractivity contribution in [3.05, 3.63) is 58.0 Å². The zero-order chi connectivity index (χ0) is 13.2. The van der Waals surface area contributed by atoms with E-state index in [2.05, 4.69) is 4.98 Å².